The summed E-state index contributed by atoms with van der Waals surface area (Å²) in [5.74, 6) is 0.376. The molecule has 2 rings (SSSR count). The van der Waals surface area contributed by atoms with Crippen molar-refractivity contribution in [3.63, 3.8) is 0 Å². The summed E-state index contributed by atoms with van der Waals surface area (Å²) in [4.78, 5) is 26.8. The molecule has 0 unspecified atom stereocenters. The summed E-state index contributed by atoms with van der Waals surface area (Å²) in [7, 11) is 1.32. The highest BCUT2D eigenvalue weighted by Gasteiger charge is 2.49. The number of carbonyl (C=O) groups excluding carboxylic acids is 2. The SMILES string of the molecule is COC(=O)N[C@H](C(=O)N1C[C@]2(CCCOC2)C[C@H]1C(C)C)C(C)C. The van der Waals surface area contributed by atoms with Crippen molar-refractivity contribution >= 4 is 12.0 Å². The molecule has 2 heterocycles. The van der Waals surface area contributed by atoms with Crippen molar-refractivity contribution in [3.05, 3.63) is 0 Å². The van der Waals surface area contributed by atoms with Gasteiger partial charge in [0.25, 0.3) is 0 Å². The molecule has 0 aromatic rings. The van der Waals surface area contributed by atoms with Gasteiger partial charge in [0.15, 0.2) is 0 Å². The van der Waals surface area contributed by atoms with Gasteiger partial charge in [0, 0.05) is 24.6 Å². The number of carbonyl (C=O) groups is 2. The van der Waals surface area contributed by atoms with Crippen molar-refractivity contribution < 1.29 is 19.1 Å². The van der Waals surface area contributed by atoms with Crippen LogP contribution >= 0.6 is 0 Å². The number of nitrogens with one attached hydrogen (secondary N) is 1. The van der Waals surface area contributed by atoms with Crippen LogP contribution in [0.15, 0.2) is 0 Å². The van der Waals surface area contributed by atoms with E-state index in [1.807, 2.05) is 18.7 Å². The normalized spacial score (nSPS) is 28.5. The van der Waals surface area contributed by atoms with Crippen molar-refractivity contribution in [2.24, 2.45) is 17.3 Å². The van der Waals surface area contributed by atoms with Crippen LogP contribution in [0.3, 0.4) is 0 Å². The Labute approximate surface area is 145 Å². The molecule has 2 aliphatic heterocycles. The highest BCUT2D eigenvalue weighted by atomic mass is 16.5. The molecule has 0 aromatic heterocycles. The lowest BCUT2D eigenvalue weighted by Gasteiger charge is -2.34. The van der Waals surface area contributed by atoms with Crippen molar-refractivity contribution in [2.75, 3.05) is 26.9 Å². The summed E-state index contributed by atoms with van der Waals surface area (Å²) in [6.45, 7) is 10.5. The summed E-state index contributed by atoms with van der Waals surface area (Å²) < 4.78 is 10.4. The molecule has 2 aliphatic rings. The van der Waals surface area contributed by atoms with Crippen LogP contribution in [0.2, 0.25) is 0 Å². The van der Waals surface area contributed by atoms with E-state index in [0.29, 0.717) is 5.92 Å². The van der Waals surface area contributed by atoms with E-state index in [4.69, 9.17) is 4.74 Å². The van der Waals surface area contributed by atoms with Gasteiger partial charge in [-0.3, -0.25) is 4.79 Å². The molecule has 0 aliphatic carbocycles. The second-order valence-corrected chi connectivity index (χ2v) is 8.00. The summed E-state index contributed by atoms with van der Waals surface area (Å²) >= 11 is 0. The third-order valence-corrected chi connectivity index (χ3v) is 5.40. The van der Waals surface area contributed by atoms with E-state index >= 15 is 0 Å². The van der Waals surface area contributed by atoms with Crippen molar-refractivity contribution in [1.82, 2.24) is 10.2 Å². The smallest absolute Gasteiger partial charge is 0.407 e. The minimum atomic E-state index is -0.557. The predicted octanol–water partition coefficient (Wildman–Crippen LogP) is 2.42. The van der Waals surface area contributed by atoms with Crippen LogP contribution < -0.4 is 5.32 Å². The maximum atomic E-state index is 13.2. The second-order valence-electron chi connectivity index (χ2n) is 8.00. The molecule has 1 N–H and O–H groups in total. The minimum absolute atomic E-state index is 0.00320. The second kappa shape index (κ2) is 7.72. The summed E-state index contributed by atoms with van der Waals surface area (Å²) in [5, 5.41) is 2.71. The van der Waals surface area contributed by atoms with E-state index in [1.165, 1.54) is 7.11 Å². The number of amides is 2. The largest absolute Gasteiger partial charge is 0.453 e. The maximum absolute atomic E-state index is 13.2. The van der Waals surface area contributed by atoms with Crippen LogP contribution in [0.4, 0.5) is 4.79 Å². The lowest BCUT2D eigenvalue weighted by atomic mass is 9.79. The van der Waals surface area contributed by atoms with Crippen molar-refractivity contribution in [2.45, 2.75) is 59.0 Å². The summed E-state index contributed by atoms with van der Waals surface area (Å²) in [6.07, 6.45) is 2.59. The minimum Gasteiger partial charge on any atom is -0.453 e. The number of hydrogen-bond acceptors (Lipinski definition) is 4. The number of methoxy groups -OCH3 is 1. The highest BCUT2D eigenvalue weighted by molar-refractivity contribution is 5.86. The topological polar surface area (TPSA) is 67.9 Å². The average Bonchev–Trinajstić information content (AvgIpc) is 2.91. The first-order valence-corrected chi connectivity index (χ1v) is 9.02. The zero-order valence-electron chi connectivity index (χ0n) is 15.6. The standard InChI is InChI=1S/C18H32N2O4/c1-12(2)14-9-18(7-6-8-24-11-18)10-20(14)16(21)15(13(3)4)19-17(22)23-5/h12-15H,6-11H2,1-5H3,(H,19,22)/t14-,15-,18-/m0/s1. The molecule has 0 aromatic carbocycles. The van der Waals surface area contributed by atoms with Crippen LogP contribution in [-0.2, 0) is 14.3 Å². The molecule has 0 saturated carbocycles. The van der Waals surface area contributed by atoms with Crippen LogP contribution in [0, 0.1) is 17.3 Å². The maximum Gasteiger partial charge on any atom is 0.407 e. The van der Waals surface area contributed by atoms with Gasteiger partial charge in [-0.1, -0.05) is 27.7 Å². The molecule has 24 heavy (non-hydrogen) atoms. The Balaban J connectivity index is 2.19. The van der Waals surface area contributed by atoms with Gasteiger partial charge in [-0.2, -0.15) is 0 Å². The van der Waals surface area contributed by atoms with Gasteiger partial charge < -0.3 is 19.7 Å². The average molecular weight is 340 g/mol. The Morgan fingerprint density at radius 3 is 2.50 bits per heavy atom. The van der Waals surface area contributed by atoms with E-state index in [1.54, 1.807) is 0 Å². The van der Waals surface area contributed by atoms with E-state index in [-0.39, 0.29) is 23.3 Å². The van der Waals surface area contributed by atoms with Gasteiger partial charge in [0.2, 0.25) is 5.91 Å². The molecule has 0 bridgehead atoms. The molecule has 2 amide bonds. The number of likely N-dealkylation sites (tertiary alicyclic amines) is 1. The fourth-order valence-corrected chi connectivity index (χ4v) is 4.01. The molecule has 2 fully saturated rings. The Kier molecular flexibility index (Phi) is 6.12. The highest BCUT2D eigenvalue weighted by Crippen LogP contribution is 2.43. The monoisotopic (exact) mass is 340 g/mol. The number of ether oxygens (including phenoxy) is 2. The zero-order valence-corrected chi connectivity index (χ0v) is 15.6. The van der Waals surface area contributed by atoms with E-state index in [0.717, 1.165) is 39.0 Å². The molecular weight excluding hydrogens is 308 g/mol. The molecule has 1 spiro atoms. The van der Waals surface area contributed by atoms with Crippen molar-refractivity contribution in [3.8, 4) is 0 Å². The molecule has 138 valence electrons. The third kappa shape index (κ3) is 4.02. The van der Waals surface area contributed by atoms with Crippen LogP contribution in [-0.4, -0.2) is 55.9 Å². The van der Waals surface area contributed by atoms with Crippen molar-refractivity contribution in [1.29, 1.82) is 0 Å². The van der Waals surface area contributed by atoms with Crippen LogP contribution in [0.5, 0.6) is 0 Å². The first-order valence-electron chi connectivity index (χ1n) is 9.02. The zero-order chi connectivity index (χ0) is 17.9. The van der Waals surface area contributed by atoms with Gasteiger partial charge in [-0.15, -0.1) is 0 Å². The Morgan fingerprint density at radius 1 is 1.29 bits per heavy atom. The number of hydrogen-bond donors (Lipinski definition) is 1. The van der Waals surface area contributed by atoms with Crippen LogP contribution in [0.25, 0.3) is 0 Å². The number of alkyl carbamates (subject to hydrolysis) is 1. The van der Waals surface area contributed by atoms with E-state index in [2.05, 4.69) is 23.9 Å². The van der Waals surface area contributed by atoms with E-state index < -0.39 is 12.1 Å². The Morgan fingerprint density at radius 2 is 2.00 bits per heavy atom. The molecule has 6 nitrogen and oxygen atoms in total. The fourth-order valence-electron chi connectivity index (χ4n) is 4.01. The summed E-state index contributed by atoms with van der Waals surface area (Å²) in [5.41, 5.74) is 0.0790. The molecule has 3 atom stereocenters. The fraction of sp³-hybridized carbons (Fsp3) is 0.889. The third-order valence-electron chi connectivity index (χ3n) is 5.40. The van der Waals surface area contributed by atoms with Crippen LogP contribution in [0.1, 0.15) is 47.0 Å². The molecular formula is C18H32N2O4. The van der Waals surface area contributed by atoms with Gasteiger partial charge in [0.1, 0.15) is 6.04 Å². The molecule has 2 saturated heterocycles. The molecule has 6 heteroatoms. The Bertz CT molecular complexity index is 458. The predicted molar refractivity (Wildman–Crippen MR) is 91.6 cm³/mol. The van der Waals surface area contributed by atoms with Gasteiger partial charge >= 0.3 is 6.09 Å². The first kappa shape index (κ1) is 19.0. The first-order chi connectivity index (χ1) is 11.3. The lowest BCUT2D eigenvalue weighted by Crippen LogP contribution is -2.53. The van der Waals surface area contributed by atoms with E-state index in [9.17, 15) is 9.59 Å². The van der Waals surface area contributed by atoms with Gasteiger partial charge in [-0.05, 0) is 31.1 Å². The van der Waals surface area contributed by atoms with Gasteiger partial charge in [-0.25, -0.2) is 4.79 Å². The lowest BCUT2D eigenvalue weighted by molar-refractivity contribution is -0.136. The molecule has 0 radical (unpaired) electrons. The Hall–Kier alpha value is -1.30. The summed E-state index contributed by atoms with van der Waals surface area (Å²) in [6, 6.07) is -0.363. The van der Waals surface area contributed by atoms with Gasteiger partial charge in [0.05, 0.1) is 13.7 Å². The number of rotatable bonds is 4. The quantitative estimate of drug-likeness (QED) is 0.853. The number of nitrogens with zero attached hydrogens (tertiary/aromatic N) is 1.